The first kappa shape index (κ1) is 17.2. The Kier molecular flexibility index (Phi) is 8.73. The van der Waals surface area contributed by atoms with Gasteiger partial charge in [-0.25, -0.2) is 20.4 Å². The van der Waals surface area contributed by atoms with E-state index < -0.39 is 0 Å². The van der Waals surface area contributed by atoms with Crippen LogP contribution in [0.3, 0.4) is 0 Å². The van der Waals surface area contributed by atoms with Gasteiger partial charge >= 0.3 is 0 Å². The number of isocyanates is 2. The van der Waals surface area contributed by atoms with Crippen LogP contribution in [0.1, 0.15) is 11.1 Å². The molecule has 4 nitrogen and oxygen atoms in total. The lowest BCUT2D eigenvalue weighted by atomic mass is 10.0. The van der Waals surface area contributed by atoms with E-state index >= 15 is 0 Å². The van der Waals surface area contributed by atoms with Crippen LogP contribution < -0.4 is 0 Å². The Morgan fingerprint density at radius 1 is 0.750 bits per heavy atom. The summed E-state index contributed by atoms with van der Waals surface area (Å²) in [6.07, 6.45) is 1.50. The third kappa shape index (κ3) is 6.82. The van der Waals surface area contributed by atoms with E-state index in [1.54, 1.807) is 0 Å². The van der Waals surface area contributed by atoms with Crippen LogP contribution >= 0.6 is 0 Å². The van der Waals surface area contributed by atoms with Gasteiger partial charge < -0.3 is 0 Å². The number of benzene rings is 2. The molecule has 2 N–H and O–H groups in total. The van der Waals surface area contributed by atoms with Crippen molar-refractivity contribution in [1.82, 2.24) is 0 Å². The fourth-order valence-electron chi connectivity index (χ4n) is 1.65. The van der Waals surface area contributed by atoms with E-state index in [0.717, 1.165) is 12.2 Å². The number of rotatable bonds is 1. The molecule has 0 aliphatic rings. The van der Waals surface area contributed by atoms with E-state index in [9.17, 15) is 0 Å². The highest BCUT2D eigenvalue weighted by Crippen LogP contribution is 2.20. The monoisotopic (exact) mass is 268 g/mol. The van der Waals surface area contributed by atoms with E-state index in [2.05, 4.69) is 62.4 Å². The molecule has 0 amide bonds. The van der Waals surface area contributed by atoms with Gasteiger partial charge in [0.05, 0.1) is 0 Å². The van der Waals surface area contributed by atoms with E-state index in [1.807, 2.05) is 0 Å². The molecule has 0 atom stereocenters. The van der Waals surface area contributed by atoms with Crippen molar-refractivity contribution in [2.24, 2.45) is 0 Å². The highest BCUT2D eigenvalue weighted by atomic mass is 16.1. The first-order valence-electron chi connectivity index (χ1n) is 5.80. The summed E-state index contributed by atoms with van der Waals surface area (Å²) in [5.41, 5.74) is 5.22. The fraction of sp³-hybridized carbons (Fsp3) is 0.125. The van der Waals surface area contributed by atoms with Gasteiger partial charge in [-0.1, -0.05) is 59.7 Å². The van der Waals surface area contributed by atoms with E-state index in [0.29, 0.717) is 0 Å². The third-order valence-electron chi connectivity index (χ3n) is 2.37. The molecule has 0 aliphatic heterocycles. The van der Waals surface area contributed by atoms with Gasteiger partial charge in [0, 0.05) is 0 Å². The predicted molar refractivity (Wildman–Crippen MR) is 78.2 cm³/mol. The van der Waals surface area contributed by atoms with Crippen LogP contribution in [0.2, 0.25) is 0 Å². The van der Waals surface area contributed by atoms with Crippen LogP contribution in [0.5, 0.6) is 0 Å². The maximum absolute atomic E-state index is 8.35. The molecule has 0 radical (unpaired) electrons. The van der Waals surface area contributed by atoms with Crippen molar-refractivity contribution in [3.63, 3.8) is 0 Å². The molecule has 0 aliphatic carbocycles. The van der Waals surface area contributed by atoms with Gasteiger partial charge in [0.2, 0.25) is 12.2 Å². The number of hydrogen-bond acceptors (Lipinski definition) is 4. The van der Waals surface area contributed by atoms with Crippen LogP contribution in [0.15, 0.2) is 48.5 Å². The summed E-state index contributed by atoms with van der Waals surface area (Å²) < 4.78 is 0. The Morgan fingerprint density at radius 2 is 1.05 bits per heavy atom. The standard InChI is InChI=1S/C14H14.2CHNO/c1-11-5-3-7-13(9-11)14-8-4-6-12(2)10-14;2*2-1-3/h3-10H,1-2H3;2*2H. The summed E-state index contributed by atoms with van der Waals surface area (Å²) in [4.78, 5) is 16.7. The van der Waals surface area contributed by atoms with Gasteiger partial charge in [-0.05, 0) is 25.0 Å². The smallest absolute Gasteiger partial charge is 0.222 e. The first-order valence-corrected chi connectivity index (χ1v) is 5.80. The van der Waals surface area contributed by atoms with Crippen molar-refractivity contribution in [3.05, 3.63) is 59.7 Å². The number of aryl methyl sites for hydroxylation is 2. The molecule has 0 aromatic heterocycles. The van der Waals surface area contributed by atoms with Crippen LogP contribution in [-0.4, -0.2) is 12.2 Å². The molecule has 102 valence electrons. The summed E-state index contributed by atoms with van der Waals surface area (Å²) in [5.74, 6) is 0. The Hall–Kier alpha value is -2.80. The van der Waals surface area contributed by atoms with Crippen molar-refractivity contribution < 1.29 is 9.59 Å². The maximum Gasteiger partial charge on any atom is 0.231 e. The van der Waals surface area contributed by atoms with Crippen molar-refractivity contribution >= 4 is 12.2 Å². The summed E-state index contributed by atoms with van der Waals surface area (Å²) in [7, 11) is 0. The summed E-state index contributed by atoms with van der Waals surface area (Å²) in [6, 6.07) is 17.2. The molecule has 2 rings (SSSR count). The van der Waals surface area contributed by atoms with Crippen LogP contribution in [0.4, 0.5) is 0 Å². The van der Waals surface area contributed by atoms with Gasteiger partial charge in [-0.2, -0.15) is 0 Å². The Morgan fingerprint density at radius 3 is 1.30 bits per heavy atom. The zero-order chi connectivity index (χ0) is 15.4. The van der Waals surface area contributed by atoms with E-state index in [-0.39, 0.29) is 0 Å². The minimum Gasteiger partial charge on any atom is -0.222 e. The van der Waals surface area contributed by atoms with Gasteiger partial charge in [-0.15, -0.1) is 0 Å². The van der Waals surface area contributed by atoms with Gasteiger partial charge in [-0.3, -0.25) is 0 Å². The number of carbonyl (C=O) groups excluding carboxylic acids is 2. The summed E-state index contributed by atoms with van der Waals surface area (Å²) in [5, 5.41) is 10.8. The highest BCUT2D eigenvalue weighted by molar-refractivity contribution is 5.64. The normalized spacial score (nSPS) is 7.90. The minimum atomic E-state index is 0.750. The Bertz CT molecular complexity index is 554. The molecule has 0 saturated carbocycles. The second-order valence-corrected chi connectivity index (χ2v) is 3.94. The van der Waals surface area contributed by atoms with Crippen molar-refractivity contribution in [1.29, 1.82) is 10.8 Å². The van der Waals surface area contributed by atoms with Crippen LogP contribution in [0, 0.1) is 24.7 Å². The quantitative estimate of drug-likeness (QED) is 0.609. The molecular weight excluding hydrogens is 252 g/mol. The molecular formula is C16H16N2O2. The largest absolute Gasteiger partial charge is 0.231 e. The predicted octanol–water partition coefficient (Wildman–Crippen LogP) is 3.77. The zero-order valence-corrected chi connectivity index (χ0v) is 11.4. The number of hydrogen-bond donors (Lipinski definition) is 2. The first-order chi connectivity index (χ1) is 9.58. The zero-order valence-electron chi connectivity index (χ0n) is 11.4. The molecule has 2 aromatic carbocycles. The minimum absolute atomic E-state index is 0.750. The second-order valence-electron chi connectivity index (χ2n) is 3.94. The van der Waals surface area contributed by atoms with Crippen molar-refractivity contribution in [2.45, 2.75) is 13.8 Å². The van der Waals surface area contributed by atoms with E-state index in [1.165, 1.54) is 22.3 Å². The molecule has 20 heavy (non-hydrogen) atoms. The average Bonchev–Trinajstić information content (AvgIpc) is 2.40. The van der Waals surface area contributed by atoms with E-state index in [4.69, 9.17) is 20.4 Å². The summed E-state index contributed by atoms with van der Waals surface area (Å²) in [6.45, 7) is 4.25. The molecule has 2 aromatic rings. The molecule has 0 unspecified atom stereocenters. The SMILES string of the molecule is Cc1cccc(-c2cccc(C)c2)c1.N=C=O.N=C=O. The fourth-order valence-corrected chi connectivity index (χ4v) is 1.65. The van der Waals surface area contributed by atoms with Crippen molar-refractivity contribution in [3.8, 4) is 11.1 Å². The molecule has 0 bridgehead atoms. The Labute approximate surface area is 118 Å². The van der Waals surface area contributed by atoms with Crippen molar-refractivity contribution in [2.75, 3.05) is 0 Å². The van der Waals surface area contributed by atoms with Gasteiger partial charge in [0.25, 0.3) is 0 Å². The van der Waals surface area contributed by atoms with Gasteiger partial charge in [0.1, 0.15) is 0 Å². The number of nitrogens with one attached hydrogen (secondary N) is 2. The topological polar surface area (TPSA) is 81.8 Å². The lowest BCUT2D eigenvalue weighted by molar-refractivity contribution is 0.562. The molecule has 4 heteroatoms. The van der Waals surface area contributed by atoms with Crippen LogP contribution in [-0.2, 0) is 9.59 Å². The lowest BCUT2D eigenvalue weighted by Crippen LogP contribution is -1.80. The maximum atomic E-state index is 8.35. The molecule has 0 heterocycles. The average molecular weight is 268 g/mol. The molecule has 0 spiro atoms. The second kappa shape index (κ2) is 10.2. The molecule has 0 fully saturated rings. The molecule has 0 saturated heterocycles. The van der Waals surface area contributed by atoms with Gasteiger partial charge in [0.15, 0.2) is 0 Å². The van der Waals surface area contributed by atoms with Crippen LogP contribution in [0.25, 0.3) is 11.1 Å². The Balaban J connectivity index is 0.000000520. The summed E-state index contributed by atoms with van der Waals surface area (Å²) >= 11 is 0. The lowest BCUT2D eigenvalue weighted by Gasteiger charge is -2.03. The third-order valence-corrected chi connectivity index (χ3v) is 2.37. The highest BCUT2D eigenvalue weighted by Gasteiger charge is 1.96.